The van der Waals surface area contributed by atoms with Crippen LogP contribution in [0.3, 0.4) is 0 Å². The van der Waals surface area contributed by atoms with Crippen molar-refractivity contribution in [2.75, 3.05) is 5.32 Å². The van der Waals surface area contributed by atoms with Crippen molar-refractivity contribution < 1.29 is 4.39 Å². The fourth-order valence-corrected chi connectivity index (χ4v) is 1.69. The van der Waals surface area contributed by atoms with Crippen LogP contribution in [0.15, 0.2) is 46.9 Å². The summed E-state index contributed by atoms with van der Waals surface area (Å²) in [6.07, 6.45) is 0. The molecular formula is C13H8BrFN2. The highest BCUT2D eigenvalue weighted by molar-refractivity contribution is 9.10. The van der Waals surface area contributed by atoms with Crippen LogP contribution in [0.25, 0.3) is 0 Å². The normalized spacial score (nSPS) is 9.71. The highest BCUT2D eigenvalue weighted by atomic mass is 79.9. The van der Waals surface area contributed by atoms with Gasteiger partial charge in [0, 0.05) is 10.2 Å². The minimum Gasteiger partial charge on any atom is -0.354 e. The maximum Gasteiger partial charge on any atom is 0.143 e. The molecule has 0 unspecified atom stereocenters. The van der Waals surface area contributed by atoms with Crippen LogP contribution in [0, 0.1) is 17.1 Å². The molecule has 4 heteroatoms. The Morgan fingerprint density at radius 2 is 1.82 bits per heavy atom. The fourth-order valence-electron chi connectivity index (χ4n) is 1.43. The zero-order valence-electron chi connectivity index (χ0n) is 8.74. The van der Waals surface area contributed by atoms with Gasteiger partial charge in [-0.15, -0.1) is 0 Å². The molecule has 2 aromatic carbocycles. The van der Waals surface area contributed by atoms with Crippen LogP contribution < -0.4 is 5.32 Å². The van der Waals surface area contributed by atoms with E-state index in [0.717, 1.165) is 10.2 Å². The van der Waals surface area contributed by atoms with Crippen molar-refractivity contribution >= 4 is 27.3 Å². The molecule has 84 valence electrons. The average Bonchev–Trinajstić information content (AvgIpc) is 2.32. The standard InChI is InChI=1S/C13H8BrFN2/c14-9-4-6-10(7-5-9)17-13-3-1-2-12(15)11(13)8-16/h1-7,17H. The van der Waals surface area contributed by atoms with E-state index in [-0.39, 0.29) is 5.56 Å². The number of benzene rings is 2. The van der Waals surface area contributed by atoms with Gasteiger partial charge in [0.25, 0.3) is 0 Å². The van der Waals surface area contributed by atoms with Crippen LogP contribution in [-0.2, 0) is 0 Å². The number of halogens is 2. The molecule has 0 fully saturated rings. The third-order valence-corrected chi connectivity index (χ3v) is 2.78. The fraction of sp³-hybridized carbons (Fsp3) is 0. The van der Waals surface area contributed by atoms with Crippen LogP contribution in [0.5, 0.6) is 0 Å². The number of hydrogen-bond donors (Lipinski definition) is 1. The first-order chi connectivity index (χ1) is 8.20. The third-order valence-electron chi connectivity index (χ3n) is 2.25. The number of anilines is 2. The Kier molecular flexibility index (Phi) is 3.40. The van der Waals surface area contributed by atoms with Crippen molar-refractivity contribution in [3.8, 4) is 6.07 Å². The first-order valence-electron chi connectivity index (χ1n) is 4.92. The number of nitriles is 1. The SMILES string of the molecule is N#Cc1c(F)cccc1Nc1ccc(Br)cc1. The molecule has 0 spiro atoms. The summed E-state index contributed by atoms with van der Waals surface area (Å²) in [7, 11) is 0. The quantitative estimate of drug-likeness (QED) is 0.900. The van der Waals surface area contributed by atoms with E-state index in [4.69, 9.17) is 5.26 Å². The second kappa shape index (κ2) is 4.98. The smallest absolute Gasteiger partial charge is 0.143 e. The van der Waals surface area contributed by atoms with E-state index < -0.39 is 5.82 Å². The predicted octanol–water partition coefficient (Wildman–Crippen LogP) is 4.20. The van der Waals surface area contributed by atoms with Crippen LogP contribution in [0.2, 0.25) is 0 Å². The Hall–Kier alpha value is -1.86. The van der Waals surface area contributed by atoms with Crippen LogP contribution in [0.4, 0.5) is 15.8 Å². The summed E-state index contributed by atoms with van der Waals surface area (Å²) in [6.45, 7) is 0. The molecule has 2 rings (SSSR count). The first kappa shape index (κ1) is 11.6. The van der Waals surface area contributed by atoms with Crippen LogP contribution in [0.1, 0.15) is 5.56 Å². The molecule has 0 radical (unpaired) electrons. The van der Waals surface area contributed by atoms with E-state index in [1.54, 1.807) is 12.1 Å². The maximum absolute atomic E-state index is 13.3. The second-order valence-electron chi connectivity index (χ2n) is 3.41. The van der Waals surface area contributed by atoms with Gasteiger partial charge in [-0.05, 0) is 36.4 Å². The minimum absolute atomic E-state index is 0.0235. The Morgan fingerprint density at radius 1 is 1.12 bits per heavy atom. The lowest BCUT2D eigenvalue weighted by Crippen LogP contribution is -1.95. The molecule has 0 aliphatic rings. The largest absolute Gasteiger partial charge is 0.354 e. The predicted molar refractivity (Wildman–Crippen MR) is 68.5 cm³/mol. The summed E-state index contributed by atoms with van der Waals surface area (Å²) in [6, 6.07) is 13.8. The van der Waals surface area contributed by atoms with Crippen molar-refractivity contribution in [2.24, 2.45) is 0 Å². The second-order valence-corrected chi connectivity index (χ2v) is 4.32. The molecule has 0 saturated heterocycles. The molecular weight excluding hydrogens is 283 g/mol. The van der Waals surface area contributed by atoms with Gasteiger partial charge in [-0.1, -0.05) is 22.0 Å². The summed E-state index contributed by atoms with van der Waals surface area (Å²) >= 11 is 3.33. The number of hydrogen-bond acceptors (Lipinski definition) is 2. The average molecular weight is 291 g/mol. The molecule has 0 aromatic heterocycles. The Morgan fingerprint density at radius 3 is 2.47 bits per heavy atom. The number of nitrogens with zero attached hydrogens (tertiary/aromatic N) is 1. The lowest BCUT2D eigenvalue weighted by molar-refractivity contribution is 0.624. The summed E-state index contributed by atoms with van der Waals surface area (Å²) in [5.74, 6) is -0.519. The molecule has 0 bridgehead atoms. The molecule has 0 amide bonds. The van der Waals surface area contributed by atoms with Crippen molar-refractivity contribution in [3.05, 3.63) is 58.3 Å². The van der Waals surface area contributed by atoms with E-state index in [9.17, 15) is 4.39 Å². The van der Waals surface area contributed by atoms with Crippen molar-refractivity contribution in [2.45, 2.75) is 0 Å². The summed E-state index contributed by atoms with van der Waals surface area (Å²) in [5, 5.41) is 11.9. The lowest BCUT2D eigenvalue weighted by atomic mass is 10.1. The summed E-state index contributed by atoms with van der Waals surface area (Å²) in [5.41, 5.74) is 1.29. The van der Waals surface area contributed by atoms with Crippen LogP contribution in [-0.4, -0.2) is 0 Å². The topological polar surface area (TPSA) is 35.8 Å². The molecule has 0 aliphatic carbocycles. The Balaban J connectivity index is 2.34. The zero-order chi connectivity index (χ0) is 12.3. The van der Waals surface area contributed by atoms with Crippen molar-refractivity contribution in [3.63, 3.8) is 0 Å². The van der Waals surface area contributed by atoms with Gasteiger partial charge in [0.15, 0.2) is 0 Å². The molecule has 2 nitrogen and oxygen atoms in total. The minimum atomic E-state index is -0.519. The van der Waals surface area contributed by atoms with E-state index in [1.165, 1.54) is 6.07 Å². The van der Waals surface area contributed by atoms with Crippen LogP contribution >= 0.6 is 15.9 Å². The van der Waals surface area contributed by atoms with E-state index in [0.29, 0.717) is 5.69 Å². The molecule has 0 heterocycles. The van der Waals surface area contributed by atoms with Gasteiger partial charge in [0.05, 0.1) is 5.69 Å². The molecule has 0 aliphatic heterocycles. The van der Waals surface area contributed by atoms with Gasteiger partial charge in [0.1, 0.15) is 17.4 Å². The lowest BCUT2D eigenvalue weighted by Gasteiger charge is -2.08. The molecule has 0 saturated carbocycles. The molecule has 2 aromatic rings. The molecule has 1 N–H and O–H groups in total. The highest BCUT2D eigenvalue weighted by Gasteiger charge is 2.07. The number of nitrogens with one attached hydrogen (secondary N) is 1. The van der Waals surface area contributed by atoms with Gasteiger partial charge in [-0.3, -0.25) is 0 Å². The highest BCUT2D eigenvalue weighted by Crippen LogP contribution is 2.23. The van der Waals surface area contributed by atoms with Crippen molar-refractivity contribution in [1.29, 1.82) is 5.26 Å². The Bertz CT molecular complexity index is 573. The molecule has 0 atom stereocenters. The Labute approximate surface area is 107 Å². The van der Waals surface area contributed by atoms with Gasteiger partial charge in [-0.2, -0.15) is 5.26 Å². The van der Waals surface area contributed by atoms with Gasteiger partial charge >= 0.3 is 0 Å². The van der Waals surface area contributed by atoms with Crippen molar-refractivity contribution in [1.82, 2.24) is 0 Å². The number of rotatable bonds is 2. The maximum atomic E-state index is 13.3. The van der Waals surface area contributed by atoms with E-state index >= 15 is 0 Å². The molecule has 17 heavy (non-hydrogen) atoms. The van der Waals surface area contributed by atoms with Gasteiger partial charge in [-0.25, -0.2) is 4.39 Å². The first-order valence-corrected chi connectivity index (χ1v) is 5.71. The third kappa shape index (κ3) is 2.63. The van der Waals surface area contributed by atoms with E-state index in [2.05, 4.69) is 21.2 Å². The van der Waals surface area contributed by atoms with Gasteiger partial charge < -0.3 is 5.32 Å². The summed E-state index contributed by atoms with van der Waals surface area (Å²) in [4.78, 5) is 0. The zero-order valence-corrected chi connectivity index (χ0v) is 10.3. The van der Waals surface area contributed by atoms with E-state index in [1.807, 2.05) is 30.3 Å². The monoisotopic (exact) mass is 290 g/mol. The van der Waals surface area contributed by atoms with Gasteiger partial charge in [0.2, 0.25) is 0 Å². The summed E-state index contributed by atoms with van der Waals surface area (Å²) < 4.78 is 14.3.